The van der Waals surface area contributed by atoms with Gasteiger partial charge in [-0.2, -0.15) is 0 Å². The van der Waals surface area contributed by atoms with Crippen molar-refractivity contribution < 1.29 is 13.5 Å². The van der Waals surface area contributed by atoms with Gasteiger partial charge in [0.2, 0.25) is 0 Å². The fraction of sp³-hybridized carbons (Fsp3) is 0.455. The van der Waals surface area contributed by atoms with Crippen LogP contribution >= 0.6 is 0 Å². The lowest BCUT2D eigenvalue weighted by molar-refractivity contribution is 0.195. The van der Waals surface area contributed by atoms with Crippen molar-refractivity contribution in [3.05, 3.63) is 29.3 Å². The highest BCUT2D eigenvalue weighted by Crippen LogP contribution is 2.23. The Balaban J connectivity index is 2.22. The van der Waals surface area contributed by atoms with Crippen molar-refractivity contribution in [2.24, 2.45) is 0 Å². The molecule has 1 unspecified atom stereocenters. The van der Waals surface area contributed by atoms with Crippen LogP contribution in [-0.4, -0.2) is 19.3 Å². The van der Waals surface area contributed by atoms with Crippen molar-refractivity contribution in [3.8, 4) is 0 Å². The number of rotatable bonds is 2. The molecule has 1 fully saturated rings. The third-order valence-electron chi connectivity index (χ3n) is 2.56. The van der Waals surface area contributed by atoms with Gasteiger partial charge in [0.05, 0.1) is 12.6 Å². The largest absolute Gasteiger partial charge is 0.379 e. The van der Waals surface area contributed by atoms with E-state index in [0.29, 0.717) is 18.8 Å². The van der Waals surface area contributed by atoms with Crippen LogP contribution in [0.1, 0.15) is 12.0 Å². The van der Waals surface area contributed by atoms with Crippen molar-refractivity contribution >= 4 is 5.69 Å². The van der Waals surface area contributed by atoms with E-state index in [2.05, 4.69) is 5.32 Å². The van der Waals surface area contributed by atoms with Gasteiger partial charge in [-0.05, 0) is 25.0 Å². The van der Waals surface area contributed by atoms with E-state index in [1.807, 2.05) is 0 Å². The lowest BCUT2D eigenvalue weighted by Gasteiger charge is -2.14. The number of hydrogen-bond donors (Lipinski definition) is 1. The minimum atomic E-state index is -0.551. The Kier molecular flexibility index (Phi) is 2.86. The molecule has 1 N–H and O–H groups in total. The molecule has 1 aromatic carbocycles. The van der Waals surface area contributed by atoms with Crippen LogP contribution in [-0.2, 0) is 4.74 Å². The van der Waals surface area contributed by atoms with Gasteiger partial charge in [-0.3, -0.25) is 0 Å². The van der Waals surface area contributed by atoms with Gasteiger partial charge in [-0.15, -0.1) is 0 Å². The Morgan fingerprint density at radius 3 is 2.87 bits per heavy atom. The molecule has 1 aliphatic rings. The molecule has 0 radical (unpaired) electrons. The monoisotopic (exact) mass is 213 g/mol. The second-order valence-corrected chi connectivity index (χ2v) is 3.76. The zero-order chi connectivity index (χ0) is 10.8. The molecule has 0 bridgehead atoms. The van der Waals surface area contributed by atoms with Crippen LogP contribution in [0.5, 0.6) is 0 Å². The first-order valence-electron chi connectivity index (χ1n) is 4.97. The summed E-state index contributed by atoms with van der Waals surface area (Å²) >= 11 is 0. The Hall–Kier alpha value is -1.16. The van der Waals surface area contributed by atoms with E-state index in [4.69, 9.17) is 4.74 Å². The fourth-order valence-electron chi connectivity index (χ4n) is 1.64. The summed E-state index contributed by atoms with van der Waals surface area (Å²) in [6.45, 7) is 2.77. The summed E-state index contributed by atoms with van der Waals surface area (Å²) in [5.74, 6) is -1.06. The van der Waals surface area contributed by atoms with Crippen molar-refractivity contribution in [1.82, 2.24) is 0 Å². The summed E-state index contributed by atoms with van der Waals surface area (Å²) in [6.07, 6.45) is 0.785. The van der Waals surface area contributed by atoms with E-state index < -0.39 is 11.6 Å². The minimum absolute atomic E-state index is 0.01000. The number of ether oxygens (including phenoxy) is 1. The van der Waals surface area contributed by atoms with Crippen LogP contribution in [0, 0.1) is 18.6 Å². The smallest absolute Gasteiger partial charge is 0.152 e. The zero-order valence-corrected chi connectivity index (χ0v) is 8.52. The van der Waals surface area contributed by atoms with Crippen molar-refractivity contribution in [2.75, 3.05) is 18.5 Å². The summed E-state index contributed by atoms with van der Waals surface area (Å²) in [5.41, 5.74) is 0.406. The van der Waals surface area contributed by atoms with Crippen LogP contribution in [0.3, 0.4) is 0 Å². The van der Waals surface area contributed by atoms with Gasteiger partial charge in [0.1, 0.15) is 11.5 Å². The minimum Gasteiger partial charge on any atom is -0.379 e. The molecule has 1 atom stereocenters. The van der Waals surface area contributed by atoms with Crippen molar-refractivity contribution in [1.29, 1.82) is 0 Å². The average molecular weight is 213 g/mol. The molecule has 0 aromatic heterocycles. The number of nitrogens with one attached hydrogen (secondary N) is 1. The molecule has 0 spiro atoms. The molecular weight excluding hydrogens is 200 g/mol. The number of aryl methyl sites for hydroxylation is 1. The molecule has 0 aliphatic carbocycles. The molecule has 1 heterocycles. The molecule has 1 saturated heterocycles. The summed E-state index contributed by atoms with van der Waals surface area (Å²) in [7, 11) is 0. The topological polar surface area (TPSA) is 21.3 Å². The highest BCUT2D eigenvalue weighted by Gasteiger charge is 2.19. The lowest BCUT2D eigenvalue weighted by atomic mass is 10.1. The van der Waals surface area contributed by atoms with Gasteiger partial charge in [-0.1, -0.05) is 6.07 Å². The van der Waals surface area contributed by atoms with Gasteiger partial charge in [-0.25, -0.2) is 8.78 Å². The molecule has 2 rings (SSSR count). The maximum atomic E-state index is 13.6. The quantitative estimate of drug-likeness (QED) is 0.814. The molecule has 0 saturated carbocycles. The van der Waals surface area contributed by atoms with Crippen LogP contribution < -0.4 is 5.32 Å². The van der Waals surface area contributed by atoms with Gasteiger partial charge in [0.25, 0.3) is 0 Å². The molecule has 1 aliphatic heterocycles. The van der Waals surface area contributed by atoms with Crippen LogP contribution in [0.15, 0.2) is 12.1 Å². The molecule has 4 heteroatoms. The normalized spacial score (nSPS) is 20.6. The number of benzene rings is 1. The van der Waals surface area contributed by atoms with Gasteiger partial charge < -0.3 is 10.1 Å². The van der Waals surface area contributed by atoms with Gasteiger partial charge >= 0.3 is 0 Å². The Morgan fingerprint density at radius 2 is 2.20 bits per heavy atom. The Bertz CT molecular complexity index is 362. The van der Waals surface area contributed by atoms with Crippen molar-refractivity contribution in [2.45, 2.75) is 19.4 Å². The summed E-state index contributed by atoms with van der Waals surface area (Å²) in [6, 6.07) is 2.72. The van der Waals surface area contributed by atoms with Gasteiger partial charge in [0.15, 0.2) is 5.82 Å². The maximum Gasteiger partial charge on any atom is 0.152 e. The van der Waals surface area contributed by atoms with Crippen LogP contribution in [0.2, 0.25) is 0 Å². The number of halogens is 2. The summed E-state index contributed by atoms with van der Waals surface area (Å²) in [4.78, 5) is 0. The highest BCUT2D eigenvalue weighted by atomic mass is 19.1. The first-order chi connectivity index (χ1) is 7.18. The van der Waals surface area contributed by atoms with E-state index in [9.17, 15) is 8.78 Å². The summed E-state index contributed by atoms with van der Waals surface area (Å²) in [5, 5.41) is 2.84. The van der Waals surface area contributed by atoms with Gasteiger partial charge in [0, 0.05) is 6.61 Å². The molecular formula is C11H13F2NO. The third-order valence-corrected chi connectivity index (χ3v) is 2.56. The van der Waals surface area contributed by atoms with E-state index in [-0.39, 0.29) is 11.7 Å². The Labute approximate surface area is 87.2 Å². The SMILES string of the molecule is Cc1ccc(F)c(NC2CCOC2)c1F. The molecule has 15 heavy (non-hydrogen) atoms. The zero-order valence-electron chi connectivity index (χ0n) is 8.52. The fourth-order valence-corrected chi connectivity index (χ4v) is 1.64. The van der Waals surface area contributed by atoms with E-state index >= 15 is 0 Å². The van der Waals surface area contributed by atoms with E-state index in [0.717, 1.165) is 6.42 Å². The standard InChI is InChI=1S/C11H13F2NO/c1-7-2-3-9(12)11(10(7)13)14-8-4-5-15-6-8/h2-3,8,14H,4-6H2,1H3. The number of anilines is 1. The first kappa shape index (κ1) is 10.4. The predicted octanol–water partition coefficient (Wildman–Crippen LogP) is 2.47. The first-order valence-corrected chi connectivity index (χ1v) is 4.97. The second-order valence-electron chi connectivity index (χ2n) is 3.76. The average Bonchev–Trinajstić information content (AvgIpc) is 2.71. The second kappa shape index (κ2) is 4.14. The molecule has 0 amide bonds. The van der Waals surface area contributed by atoms with Crippen LogP contribution in [0.4, 0.5) is 14.5 Å². The summed E-state index contributed by atoms with van der Waals surface area (Å²) < 4.78 is 32.0. The maximum absolute atomic E-state index is 13.6. The van der Waals surface area contributed by atoms with E-state index in [1.165, 1.54) is 12.1 Å². The molecule has 1 aromatic rings. The van der Waals surface area contributed by atoms with Crippen LogP contribution in [0.25, 0.3) is 0 Å². The highest BCUT2D eigenvalue weighted by molar-refractivity contribution is 5.49. The number of hydrogen-bond acceptors (Lipinski definition) is 2. The lowest BCUT2D eigenvalue weighted by Crippen LogP contribution is -2.20. The third kappa shape index (κ3) is 2.09. The Morgan fingerprint density at radius 1 is 1.40 bits per heavy atom. The molecule has 82 valence electrons. The van der Waals surface area contributed by atoms with E-state index in [1.54, 1.807) is 6.92 Å². The predicted molar refractivity (Wildman–Crippen MR) is 53.9 cm³/mol. The molecule has 2 nitrogen and oxygen atoms in total. The van der Waals surface area contributed by atoms with Crippen molar-refractivity contribution in [3.63, 3.8) is 0 Å².